The second-order valence-electron chi connectivity index (χ2n) is 6.31. The molecule has 3 amide bonds. The van der Waals surface area contributed by atoms with E-state index >= 15 is 0 Å². The molecular weight excluding hydrogens is 322 g/mol. The third kappa shape index (κ3) is 3.13. The lowest BCUT2D eigenvalue weighted by Crippen LogP contribution is -2.40. The maximum atomic E-state index is 12.4. The number of aromatic nitrogens is 1. The van der Waals surface area contributed by atoms with Crippen molar-refractivity contribution in [1.29, 1.82) is 0 Å². The molecule has 0 bridgehead atoms. The molecule has 1 saturated heterocycles. The molecule has 130 valence electrons. The Morgan fingerprint density at radius 2 is 1.88 bits per heavy atom. The first-order valence-corrected chi connectivity index (χ1v) is 7.76. The lowest BCUT2D eigenvalue weighted by atomic mass is 10.1. The van der Waals surface area contributed by atoms with Gasteiger partial charge in [-0.25, -0.2) is 9.69 Å². The summed E-state index contributed by atoms with van der Waals surface area (Å²) in [4.78, 5) is 29.6. The minimum absolute atomic E-state index is 0.339. The fourth-order valence-electron chi connectivity index (χ4n) is 2.57. The Morgan fingerprint density at radius 1 is 1.12 bits per heavy atom. The number of rotatable bonds is 4. The minimum Gasteiger partial charge on any atom is -0.496 e. The Balaban J connectivity index is 1.88. The second kappa shape index (κ2) is 6.08. The first kappa shape index (κ1) is 16.8. The van der Waals surface area contributed by atoms with Gasteiger partial charge in [0.2, 0.25) is 0 Å². The highest BCUT2D eigenvalue weighted by Gasteiger charge is 2.45. The first-order chi connectivity index (χ1) is 11.8. The lowest BCUT2D eigenvalue weighted by molar-refractivity contribution is -0.121. The van der Waals surface area contributed by atoms with Crippen molar-refractivity contribution in [1.82, 2.24) is 10.3 Å². The van der Waals surface area contributed by atoms with E-state index in [-0.39, 0.29) is 5.91 Å². The summed E-state index contributed by atoms with van der Waals surface area (Å²) >= 11 is 0. The van der Waals surface area contributed by atoms with Gasteiger partial charge in [-0.3, -0.25) is 9.78 Å². The zero-order valence-electron chi connectivity index (χ0n) is 14.5. The quantitative estimate of drug-likeness (QED) is 0.865. The van der Waals surface area contributed by atoms with E-state index in [2.05, 4.69) is 10.3 Å². The van der Waals surface area contributed by atoms with E-state index in [0.717, 1.165) is 10.5 Å². The van der Waals surface area contributed by atoms with Crippen molar-refractivity contribution in [3.8, 4) is 17.2 Å². The van der Waals surface area contributed by atoms with Gasteiger partial charge in [0.05, 0.1) is 25.2 Å². The molecule has 0 saturated carbocycles. The number of ether oxygens (including phenoxy) is 2. The summed E-state index contributed by atoms with van der Waals surface area (Å²) in [6, 6.07) is 6.56. The van der Waals surface area contributed by atoms with Gasteiger partial charge >= 0.3 is 6.03 Å². The molecule has 1 aliphatic rings. The minimum atomic E-state index is -0.946. The Hall–Kier alpha value is -3.09. The van der Waals surface area contributed by atoms with E-state index < -0.39 is 11.6 Å². The highest BCUT2D eigenvalue weighted by Crippen LogP contribution is 2.31. The van der Waals surface area contributed by atoms with Gasteiger partial charge in [-0.2, -0.15) is 0 Å². The van der Waals surface area contributed by atoms with Crippen LogP contribution in [0.1, 0.15) is 19.4 Å². The number of methoxy groups -OCH3 is 1. The molecule has 0 unspecified atom stereocenters. The van der Waals surface area contributed by atoms with Crippen LogP contribution in [0.4, 0.5) is 10.5 Å². The summed E-state index contributed by atoms with van der Waals surface area (Å²) in [5.74, 6) is 1.35. The molecule has 2 aromatic rings. The maximum absolute atomic E-state index is 12.4. The monoisotopic (exact) mass is 341 g/mol. The topological polar surface area (TPSA) is 80.8 Å². The number of pyridine rings is 1. The molecule has 25 heavy (non-hydrogen) atoms. The smallest absolute Gasteiger partial charge is 0.329 e. The highest BCUT2D eigenvalue weighted by molar-refractivity contribution is 6.23. The maximum Gasteiger partial charge on any atom is 0.329 e. The molecule has 1 N–H and O–H groups in total. The first-order valence-electron chi connectivity index (χ1n) is 7.76. The van der Waals surface area contributed by atoms with Crippen LogP contribution in [-0.4, -0.2) is 29.6 Å². The van der Waals surface area contributed by atoms with E-state index in [0.29, 0.717) is 22.9 Å². The van der Waals surface area contributed by atoms with Crippen LogP contribution in [0.2, 0.25) is 0 Å². The van der Waals surface area contributed by atoms with E-state index in [1.807, 2.05) is 13.0 Å². The number of hydrogen-bond donors (Lipinski definition) is 1. The Labute approximate surface area is 145 Å². The standard InChI is InChI=1S/C18H19N3O4/c1-11-5-6-13(8-15(11)24-4)25-14-7-12(9-19-10-14)21-16(22)18(2,3)20-17(21)23/h5-10H,1-4H3,(H,20,23). The zero-order valence-corrected chi connectivity index (χ0v) is 14.5. The van der Waals surface area contributed by atoms with Crippen molar-refractivity contribution >= 4 is 17.6 Å². The predicted molar refractivity (Wildman–Crippen MR) is 92.1 cm³/mol. The summed E-state index contributed by atoms with van der Waals surface area (Å²) in [6.07, 6.45) is 2.96. The molecule has 1 aromatic heterocycles. The molecule has 0 aliphatic carbocycles. The number of carbonyl (C=O) groups is 2. The molecule has 3 rings (SSSR count). The zero-order chi connectivity index (χ0) is 18.2. The number of amides is 3. The molecule has 7 heteroatoms. The normalized spacial score (nSPS) is 15.9. The van der Waals surface area contributed by atoms with Crippen molar-refractivity contribution in [2.45, 2.75) is 26.3 Å². The third-order valence-corrected chi connectivity index (χ3v) is 3.93. The van der Waals surface area contributed by atoms with Crippen LogP contribution in [0.15, 0.2) is 36.7 Å². The van der Waals surface area contributed by atoms with E-state index in [1.54, 1.807) is 39.2 Å². The van der Waals surface area contributed by atoms with Crippen molar-refractivity contribution in [2.75, 3.05) is 12.0 Å². The number of aryl methyl sites for hydroxylation is 1. The average molecular weight is 341 g/mol. The molecular formula is C18H19N3O4. The van der Waals surface area contributed by atoms with Crippen LogP contribution in [0, 0.1) is 6.92 Å². The molecule has 0 spiro atoms. The van der Waals surface area contributed by atoms with E-state index in [1.165, 1.54) is 12.4 Å². The summed E-state index contributed by atoms with van der Waals surface area (Å²) in [5.41, 5.74) is 0.395. The lowest BCUT2D eigenvalue weighted by Gasteiger charge is -2.16. The number of benzene rings is 1. The van der Waals surface area contributed by atoms with Crippen molar-refractivity contribution < 1.29 is 19.1 Å². The molecule has 1 fully saturated rings. The summed E-state index contributed by atoms with van der Waals surface area (Å²) in [7, 11) is 1.59. The van der Waals surface area contributed by atoms with Gasteiger partial charge in [0.15, 0.2) is 0 Å². The highest BCUT2D eigenvalue weighted by atomic mass is 16.5. The van der Waals surface area contributed by atoms with Gasteiger partial charge in [-0.15, -0.1) is 0 Å². The number of imide groups is 1. The fraction of sp³-hybridized carbons (Fsp3) is 0.278. The van der Waals surface area contributed by atoms with Crippen LogP contribution in [0.5, 0.6) is 17.2 Å². The van der Waals surface area contributed by atoms with Crippen molar-refractivity contribution in [2.24, 2.45) is 0 Å². The molecule has 0 atom stereocenters. The van der Waals surface area contributed by atoms with Crippen LogP contribution >= 0.6 is 0 Å². The Bertz CT molecular complexity index is 848. The van der Waals surface area contributed by atoms with Gasteiger partial charge in [0, 0.05) is 12.1 Å². The number of carbonyl (C=O) groups excluding carboxylic acids is 2. The number of nitrogens with one attached hydrogen (secondary N) is 1. The van der Waals surface area contributed by atoms with Gasteiger partial charge in [0.25, 0.3) is 5.91 Å². The third-order valence-electron chi connectivity index (χ3n) is 3.93. The van der Waals surface area contributed by atoms with Gasteiger partial charge < -0.3 is 14.8 Å². The SMILES string of the molecule is COc1cc(Oc2cncc(N3C(=O)NC(C)(C)C3=O)c2)ccc1C. The summed E-state index contributed by atoms with van der Waals surface area (Å²) in [6.45, 7) is 5.24. The molecule has 1 aliphatic heterocycles. The van der Waals surface area contributed by atoms with Crippen LogP contribution in [0.3, 0.4) is 0 Å². The van der Waals surface area contributed by atoms with Crippen molar-refractivity contribution in [3.05, 3.63) is 42.2 Å². The number of hydrogen-bond acceptors (Lipinski definition) is 5. The summed E-state index contributed by atoms with van der Waals surface area (Å²) in [5, 5.41) is 2.63. The molecule has 7 nitrogen and oxygen atoms in total. The molecule has 1 aromatic carbocycles. The van der Waals surface area contributed by atoms with Gasteiger partial charge in [-0.1, -0.05) is 6.07 Å². The largest absolute Gasteiger partial charge is 0.496 e. The molecule has 0 radical (unpaired) electrons. The average Bonchev–Trinajstić information content (AvgIpc) is 2.77. The van der Waals surface area contributed by atoms with Crippen LogP contribution < -0.4 is 19.7 Å². The van der Waals surface area contributed by atoms with E-state index in [9.17, 15) is 9.59 Å². The van der Waals surface area contributed by atoms with Gasteiger partial charge in [0.1, 0.15) is 22.8 Å². The Kier molecular flexibility index (Phi) is 4.08. The van der Waals surface area contributed by atoms with Crippen LogP contribution in [0.25, 0.3) is 0 Å². The predicted octanol–water partition coefficient (Wildman–Crippen LogP) is 3.03. The molecule has 2 heterocycles. The number of urea groups is 1. The Morgan fingerprint density at radius 3 is 2.52 bits per heavy atom. The summed E-state index contributed by atoms with van der Waals surface area (Å²) < 4.78 is 11.1. The van der Waals surface area contributed by atoms with Crippen molar-refractivity contribution in [3.63, 3.8) is 0 Å². The van der Waals surface area contributed by atoms with Crippen LogP contribution in [-0.2, 0) is 4.79 Å². The van der Waals surface area contributed by atoms with Gasteiger partial charge in [-0.05, 0) is 32.4 Å². The fourth-order valence-corrected chi connectivity index (χ4v) is 2.57. The second-order valence-corrected chi connectivity index (χ2v) is 6.31. The number of anilines is 1. The van der Waals surface area contributed by atoms with E-state index in [4.69, 9.17) is 9.47 Å². The number of nitrogens with zero attached hydrogens (tertiary/aromatic N) is 2.